The van der Waals surface area contributed by atoms with E-state index in [0.717, 1.165) is 23.3 Å². The fraction of sp³-hybridized carbons (Fsp3) is 0.269. The molecule has 0 saturated carbocycles. The summed E-state index contributed by atoms with van der Waals surface area (Å²) < 4.78 is 11.2. The highest BCUT2D eigenvalue weighted by atomic mass is 16.5. The molecule has 4 heteroatoms. The van der Waals surface area contributed by atoms with Crippen molar-refractivity contribution in [2.45, 2.75) is 32.9 Å². The molecular weight excluding hydrogens is 374 g/mol. The van der Waals surface area contributed by atoms with Crippen molar-refractivity contribution in [3.8, 4) is 11.5 Å². The lowest BCUT2D eigenvalue weighted by atomic mass is 9.96. The van der Waals surface area contributed by atoms with Gasteiger partial charge >= 0.3 is 0 Å². The van der Waals surface area contributed by atoms with Crippen LogP contribution >= 0.6 is 0 Å². The van der Waals surface area contributed by atoms with Gasteiger partial charge in [-0.3, -0.25) is 4.79 Å². The molecule has 1 atom stereocenters. The van der Waals surface area contributed by atoms with Gasteiger partial charge in [-0.05, 0) is 47.7 Å². The first-order valence-electron chi connectivity index (χ1n) is 10.3. The molecule has 3 aromatic carbocycles. The van der Waals surface area contributed by atoms with Crippen LogP contribution in [0, 0.1) is 5.92 Å². The van der Waals surface area contributed by atoms with Crippen LogP contribution < -0.4 is 14.8 Å². The topological polar surface area (TPSA) is 47.6 Å². The lowest BCUT2D eigenvalue weighted by Crippen LogP contribution is -2.30. The highest BCUT2D eigenvalue weighted by molar-refractivity contribution is 5.97. The number of methoxy groups -OCH3 is 1. The van der Waals surface area contributed by atoms with E-state index >= 15 is 0 Å². The number of amides is 1. The maximum atomic E-state index is 13.1. The number of carbonyl (C=O) groups excluding carboxylic acids is 1. The predicted molar refractivity (Wildman–Crippen MR) is 120 cm³/mol. The van der Waals surface area contributed by atoms with Gasteiger partial charge in [0.2, 0.25) is 0 Å². The second kappa shape index (κ2) is 10.5. The van der Waals surface area contributed by atoms with E-state index < -0.39 is 0 Å². The van der Waals surface area contributed by atoms with Gasteiger partial charge in [0.05, 0.1) is 18.7 Å². The molecule has 3 aromatic rings. The van der Waals surface area contributed by atoms with Crippen LogP contribution in [0.2, 0.25) is 0 Å². The molecule has 0 aliphatic heterocycles. The largest absolute Gasteiger partial charge is 0.497 e. The Bertz CT molecular complexity index is 936. The number of nitrogens with one attached hydrogen (secondary N) is 1. The fourth-order valence-corrected chi connectivity index (χ4v) is 3.34. The van der Waals surface area contributed by atoms with Crippen LogP contribution in [0.1, 0.15) is 47.8 Å². The quantitative estimate of drug-likeness (QED) is 0.492. The van der Waals surface area contributed by atoms with Gasteiger partial charge in [-0.15, -0.1) is 0 Å². The van der Waals surface area contributed by atoms with Crippen LogP contribution in [0.25, 0.3) is 0 Å². The first-order chi connectivity index (χ1) is 14.6. The zero-order chi connectivity index (χ0) is 21.3. The Morgan fingerprint density at radius 1 is 0.900 bits per heavy atom. The third kappa shape index (κ3) is 5.86. The normalized spacial score (nSPS) is 11.7. The smallest absolute Gasteiger partial charge is 0.255 e. The van der Waals surface area contributed by atoms with Crippen LogP contribution in [-0.2, 0) is 6.61 Å². The fourth-order valence-electron chi connectivity index (χ4n) is 3.34. The van der Waals surface area contributed by atoms with Crippen molar-refractivity contribution >= 4 is 5.91 Å². The van der Waals surface area contributed by atoms with E-state index in [1.54, 1.807) is 13.2 Å². The average molecular weight is 404 g/mol. The summed E-state index contributed by atoms with van der Waals surface area (Å²) in [7, 11) is 1.65. The molecule has 0 radical (unpaired) electrons. The second-order valence-corrected chi connectivity index (χ2v) is 7.70. The van der Waals surface area contributed by atoms with E-state index in [1.807, 2.05) is 72.8 Å². The van der Waals surface area contributed by atoms with Crippen LogP contribution in [0.5, 0.6) is 11.5 Å². The molecular formula is C26H29NO3. The van der Waals surface area contributed by atoms with Gasteiger partial charge in [0.25, 0.3) is 5.91 Å². The molecule has 0 aliphatic carbocycles. The second-order valence-electron chi connectivity index (χ2n) is 7.70. The third-order valence-corrected chi connectivity index (χ3v) is 4.90. The van der Waals surface area contributed by atoms with E-state index in [4.69, 9.17) is 9.47 Å². The van der Waals surface area contributed by atoms with E-state index in [9.17, 15) is 4.79 Å². The zero-order valence-corrected chi connectivity index (χ0v) is 17.8. The maximum absolute atomic E-state index is 13.1. The predicted octanol–water partition coefficient (Wildman–Crippen LogP) is 5.79. The molecule has 3 rings (SSSR count). The standard InChI is InChI=1S/C26H29NO3/c1-19(2)17-24(21-13-15-22(29-3)16-14-21)27-26(28)23-11-7-8-12-25(23)30-18-20-9-5-4-6-10-20/h4-16,19,24H,17-18H2,1-3H3,(H,27,28)/t24-/m1/s1. The minimum Gasteiger partial charge on any atom is -0.497 e. The summed E-state index contributed by atoms with van der Waals surface area (Å²) in [6, 6.07) is 25.1. The summed E-state index contributed by atoms with van der Waals surface area (Å²) in [5.41, 5.74) is 2.65. The Kier molecular flexibility index (Phi) is 7.50. The number of hydrogen-bond acceptors (Lipinski definition) is 3. The van der Waals surface area contributed by atoms with Crippen LogP contribution in [-0.4, -0.2) is 13.0 Å². The number of para-hydroxylation sites is 1. The van der Waals surface area contributed by atoms with E-state index in [-0.39, 0.29) is 11.9 Å². The molecule has 0 aliphatic rings. The van der Waals surface area contributed by atoms with Crippen LogP contribution in [0.3, 0.4) is 0 Å². The Balaban J connectivity index is 1.76. The molecule has 0 bridgehead atoms. The van der Waals surface area contributed by atoms with Gasteiger partial charge in [-0.1, -0.05) is 68.4 Å². The minimum atomic E-state index is -0.139. The van der Waals surface area contributed by atoms with Crippen molar-refractivity contribution in [2.75, 3.05) is 7.11 Å². The van der Waals surface area contributed by atoms with Gasteiger partial charge < -0.3 is 14.8 Å². The van der Waals surface area contributed by atoms with Gasteiger partial charge in [-0.25, -0.2) is 0 Å². The molecule has 4 nitrogen and oxygen atoms in total. The average Bonchev–Trinajstić information content (AvgIpc) is 2.78. The van der Waals surface area contributed by atoms with Crippen molar-refractivity contribution in [1.29, 1.82) is 0 Å². The minimum absolute atomic E-state index is 0.0921. The molecule has 0 unspecified atom stereocenters. The Morgan fingerprint density at radius 2 is 1.57 bits per heavy atom. The molecule has 0 fully saturated rings. The molecule has 0 heterocycles. The lowest BCUT2D eigenvalue weighted by molar-refractivity contribution is 0.0927. The van der Waals surface area contributed by atoms with Gasteiger partial charge in [-0.2, -0.15) is 0 Å². The van der Waals surface area contributed by atoms with Gasteiger partial charge in [0.15, 0.2) is 0 Å². The summed E-state index contributed by atoms with van der Waals surface area (Å²) in [6.07, 6.45) is 0.838. The number of benzene rings is 3. The molecule has 156 valence electrons. The first-order valence-corrected chi connectivity index (χ1v) is 10.3. The summed E-state index contributed by atoms with van der Waals surface area (Å²) in [6.45, 7) is 4.72. The zero-order valence-electron chi connectivity index (χ0n) is 17.8. The van der Waals surface area contributed by atoms with Crippen LogP contribution in [0.4, 0.5) is 0 Å². The number of hydrogen-bond donors (Lipinski definition) is 1. The molecule has 0 saturated heterocycles. The van der Waals surface area contributed by atoms with E-state index in [1.165, 1.54) is 0 Å². The number of ether oxygens (including phenoxy) is 2. The summed E-state index contributed by atoms with van der Waals surface area (Å²) >= 11 is 0. The lowest BCUT2D eigenvalue weighted by Gasteiger charge is -2.22. The Morgan fingerprint density at radius 3 is 2.23 bits per heavy atom. The highest BCUT2D eigenvalue weighted by Gasteiger charge is 2.19. The third-order valence-electron chi connectivity index (χ3n) is 4.90. The summed E-state index contributed by atoms with van der Waals surface area (Å²) in [5, 5.41) is 3.20. The molecule has 1 amide bonds. The highest BCUT2D eigenvalue weighted by Crippen LogP contribution is 2.26. The van der Waals surface area contributed by atoms with E-state index in [2.05, 4.69) is 19.2 Å². The first kappa shape index (κ1) is 21.4. The molecule has 0 aromatic heterocycles. The molecule has 30 heavy (non-hydrogen) atoms. The van der Waals surface area contributed by atoms with Crippen molar-refractivity contribution in [3.63, 3.8) is 0 Å². The summed E-state index contributed by atoms with van der Waals surface area (Å²) in [4.78, 5) is 13.1. The van der Waals surface area contributed by atoms with Crippen molar-refractivity contribution in [2.24, 2.45) is 5.92 Å². The van der Waals surface area contributed by atoms with E-state index in [0.29, 0.717) is 23.8 Å². The maximum Gasteiger partial charge on any atom is 0.255 e. The molecule has 0 spiro atoms. The monoisotopic (exact) mass is 403 g/mol. The number of carbonyl (C=O) groups is 1. The van der Waals surface area contributed by atoms with Gasteiger partial charge in [0.1, 0.15) is 18.1 Å². The molecule has 1 N–H and O–H groups in total. The summed E-state index contributed by atoms with van der Waals surface area (Å²) in [5.74, 6) is 1.67. The van der Waals surface area contributed by atoms with Crippen LogP contribution in [0.15, 0.2) is 78.9 Å². The SMILES string of the molecule is COc1ccc([C@@H](CC(C)C)NC(=O)c2ccccc2OCc2ccccc2)cc1. The Labute approximate surface area is 178 Å². The van der Waals surface area contributed by atoms with Crippen molar-refractivity contribution < 1.29 is 14.3 Å². The number of rotatable bonds is 9. The van der Waals surface area contributed by atoms with Gasteiger partial charge in [0, 0.05) is 0 Å². The Hall–Kier alpha value is -3.27. The van der Waals surface area contributed by atoms with Crippen molar-refractivity contribution in [1.82, 2.24) is 5.32 Å². The van der Waals surface area contributed by atoms with Crippen molar-refractivity contribution in [3.05, 3.63) is 95.6 Å².